The lowest BCUT2D eigenvalue weighted by atomic mass is 10.1. The van der Waals surface area contributed by atoms with Crippen molar-refractivity contribution in [1.29, 1.82) is 0 Å². The molecule has 37 heavy (non-hydrogen) atoms. The quantitative estimate of drug-likeness (QED) is 0.356. The highest BCUT2D eigenvalue weighted by Gasteiger charge is 2.23. The third-order valence-electron chi connectivity index (χ3n) is 7.21. The van der Waals surface area contributed by atoms with Crippen molar-refractivity contribution in [1.82, 2.24) is 39.9 Å². The van der Waals surface area contributed by atoms with Gasteiger partial charge in [0.1, 0.15) is 5.82 Å². The van der Waals surface area contributed by atoms with Gasteiger partial charge in [-0.2, -0.15) is 5.10 Å². The van der Waals surface area contributed by atoms with E-state index in [1.54, 1.807) is 0 Å². The summed E-state index contributed by atoms with van der Waals surface area (Å²) in [6, 6.07) is 8.41. The standard InChI is InChI=1S/C26H29N9OS/c1-2-19(20-15-29-32-21(20)3-1)25-30-22-14-18(37-24(22)26(31-25)35-10-12-36-13-11-35)16-33-6-8-34(9-7-33)17-23-27-4-5-28-23/h1-5,14-15H,6-13,16-17H2,(H,27,28)(H,29,32). The molecule has 5 aromatic rings. The van der Waals surface area contributed by atoms with Crippen LogP contribution < -0.4 is 4.90 Å². The molecule has 0 unspecified atom stereocenters. The van der Waals surface area contributed by atoms with Crippen molar-refractivity contribution in [2.45, 2.75) is 13.1 Å². The number of ether oxygens (including phenoxy) is 1. The summed E-state index contributed by atoms with van der Waals surface area (Å²) in [5.41, 5.74) is 3.01. The van der Waals surface area contributed by atoms with E-state index in [0.29, 0.717) is 0 Å². The molecule has 0 saturated carbocycles. The number of imidazole rings is 1. The molecule has 0 radical (unpaired) electrons. The Balaban J connectivity index is 1.17. The maximum atomic E-state index is 5.63. The fourth-order valence-corrected chi connectivity index (χ4v) is 6.39. The van der Waals surface area contributed by atoms with Gasteiger partial charge in [0, 0.05) is 74.0 Å². The van der Waals surface area contributed by atoms with Crippen LogP contribution in [0.4, 0.5) is 5.82 Å². The summed E-state index contributed by atoms with van der Waals surface area (Å²) < 4.78 is 6.80. The van der Waals surface area contributed by atoms with Crippen LogP contribution in [0.1, 0.15) is 10.7 Å². The highest BCUT2D eigenvalue weighted by molar-refractivity contribution is 7.19. The Hall–Kier alpha value is -3.38. The number of anilines is 1. The molecule has 2 saturated heterocycles. The first-order valence-electron chi connectivity index (χ1n) is 12.8. The fourth-order valence-electron chi connectivity index (χ4n) is 5.24. The Kier molecular flexibility index (Phi) is 6.05. The summed E-state index contributed by atoms with van der Waals surface area (Å²) >= 11 is 1.83. The molecule has 0 bridgehead atoms. The summed E-state index contributed by atoms with van der Waals surface area (Å²) in [6.07, 6.45) is 5.57. The summed E-state index contributed by atoms with van der Waals surface area (Å²) in [4.78, 5) is 26.5. The average Bonchev–Trinajstić information content (AvgIpc) is 3.70. The molecule has 4 aromatic heterocycles. The number of fused-ring (bicyclic) bond motifs is 2. The minimum Gasteiger partial charge on any atom is -0.378 e. The number of hydrogen-bond acceptors (Lipinski definition) is 9. The van der Waals surface area contributed by atoms with E-state index in [-0.39, 0.29) is 0 Å². The number of H-pyrrole nitrogens is 2. The van der Waals surface area contributed by atoms with Crippen LogP contribution in [0.25, 0.3) is 32.5 Å². The number of thiophene rings is 1. The van der Waals surface area contributed by atoms with Gasteiger partial charge in [-0.15, -0.1) is 11.3 Å². The van der Waals surface area contributed by atoms with Crippen LogP contribution in [0, 0.1) is 0 Å². The Morgan fingerprint density at radius 1 is 0.973 bits per heavy atom. The first kappa shape index (κ1) is 22.8. The van der Waals surface area contributed by atoms with E-state index in [4.69, 9.17) is 14.7 Å². The van der Waals surface area contributed by atoms with E-state index in [2.05, 4.69) is 47.0 Å². The number of hydrogen-bond donors (Lipinski definition) is 2. The zero-order valence-electron chi connectivity index (χ0n) is 20.6. The number of aromatic nitrogens is 6. The van der Waals surface area contributed by atoms with Gasteiger partial charge < -0.3 is 14.6 Å². The van der Waals surface area contributed by atoms with Crippen molar-refractivity contribution < 1.29 is 4.74 Å². The maximum absolute atomic E-state index is 5.63. The van der Waals surface area contributed by atoms with E-state index in [1.807, 2.05) is 42.1 Å². The lowest BCUT2D eigenvalue weighted by Gasteiger charge is -2.33. The lowest BCUT2D eigenvalue weighted by molar-refractivity contribution is 0.121. The van der Waals surface area contributed by atoms with Gasteiger partial charge in [-0.1, -0.05) is 12.1 Å². The zero-order valence-corrected chi connectivity index (χ0v) is 21.4. The fraction of sp³-hybridized carbons (Fsp3) is 0.385. The van der Waals surface area contributed by atoms with E-state index >= 15 is 0 Å². The first-order valence-corrected chi connectivity index (χ1v) is 13.6. The van der Waals surface area contributed by atoms with Crippen molar-refractivity contribution >= 4 is 38.3 Å². The predicted molar refractivity (Wildman–Crippen MR) is 145 cm³/mol. The largest absolute Gasteiger partial charge is 0.378 e. The maximum Gasteiger partial charge on any atom is 0.162 e. The molecule has 1 aromatic carbocycles. The average molecular weight is 516 g/mol. The highest BCUT2D eigenvalue weighted by atomic mass is 32.1. The van der Waals surface area contributed by atoms with E-state index in [9.17, 15) is 0 Å². The number of rotatable bonds is 6. The molecule has 0 amide bonds. The second-order valence-electron chi connectivity index (χ2n) is 9.62. The van der Waals surface area contributed by atoms with Crippen molar-refractivity contribution in [3.05, 3.63) is 53.6 Å². The number of piperazine rings is 1. The van der Waals surface area contributed by atoms with Gasteiger partial charge in [-0.3, -0.25) is 14.9 Å². The molecule has 0 aliphatic carbocycles. The minimum atomic E-state index is 0.721. The van der Waals surface area contributed by atoms with Crippen LogP contribution in [0.3, 0.4) is 0 Å². The van der Waals surface area contributed by atoms with Crippen LogP contribution in [-0.2, 0) is 17.8 Å². The van der Waals surface area contributed by atoms with Crippen LogP contribution in [0.2, 0.25) is 0 Å². The Bertz CT molecular complexity index is 1500. The Labute approximate surface area is 218 Å². The molecule has 2 N–H and O–H groups in total. The van der Waals surface area contributed by atoms with Gasteiger partial charge in [0.15, 0.2) is 11.6 Å². The number of nitrogens with one attached hydrogen (secondary N) is 2. The first-order chi connectivity index (χ1) is 18.3. The van der Waals surface area contributed by atoms with Crippen molar-refractivity contribution in [3.63, 3.8) is 0 Å². The molecular weight excluding hydrogens is 486 g/mol. The summed E-state index contributed by atoms with van der Waals surface area (Å²) in [5.74, 6) is 2.80. The van der Waals surface area contributed by atoms with Gasteiger partial charge in [-0.25, -0.2) is 15.0 Å². The highest BCUT2D eigenvalue weighted by Crippen LogP contribution is 2.36. The summed E-state index contributed by atoms with van der Waals surface area (Å²) in [7, 11) is 0. The molecule has 2 fully saturated rings. The molecule has 10 nitrogen and oxygen atoms in total. The normalized spacial score (nSPS) is 17.8. The second kappa shape index (κ2) is 9.82. The molecule has 11 heteroatoms. The van der Waals surface area contributed by atoms with Crippen LogP contribution in [0.15, 0.2) is 42.9 Å². The van der Waals surface area contributed by atoms with Gasteiger partial charge in [0.2, 0.25) is 0 Å². The summed E-state index contributed by atoms with van der Waals surface area (Å²) in [6.45, 7) is 9.12. The summed E-state index contributed by atoms with van der Waals surface area (Å²) in [5, 5.41) is 8.34. The van der Waals surface area contributed by atoms with Crippen molar-refractivity contribution in [3.8, 4) is 11.4 Å². The number of nitrogens with zero attached hydrogens (tertiary/aromatic N) is 7. The number of benzene rings is 1. The minimum absolute atomic E-state index is 0.721. The zero-order chi connectivity index (χ0) is 24.6. The predicted octanol–water partition coefficient (Wildman–Crippen LogP) is 3.11. The molecule has 7 rings (SSSR count). The van der Waals surface area contributed by atoms with E-state index in [1.165, 1.54) is 4.88 Å². The molecule has 190 valence electrons. The third kappa shape index (κ3) is 4.59. The van der Waals surface area contributed by atoms with Gasteiger partial charge in [-0.05, 0) is 12.1 Å². The SMILES string of the molecule is c1cc(-c2nc(N3CCOCC3)c3sc(CN4CCN(Cc5ncc[nH]5)CC4)cc3n2)c2cn[nH]c2c1. The second-order valence-corrected chi connectivity index (χ2v) is 10.8. The third-order valence-corrected chi connectivity index (χ3v) is 8.32. The number of aromatic amines is 2. The smallest absolute Gasteiger partial charge is 0.162 e. The number of morpholine rings is 1. The van der Waals surface area contributed by atoms with Crippen LogP contribution in [0.5, 0.6) is 0 Å². The molecular formula is C26H29N9OS. The van der Waals surface area contributed by atoms with Crippen LogP contribution in [-0.4, -0.2) is 92.4 Å². The lowest BCUT2D eigenvalue weighted by Crippen LogP contribution is -2.45. The molecule has 0 atom stereocenters. The topological polar surface area (TPSA) is 102 Å². The molecule has 2 aliphatic heterocycles. The van der Waals surface area contributed by atoms with Crippen LogP contribution >= 0.6 is 11.3 Å². The van der Waals surface area contributed by atoms with E-state index < -0.39 is 0 Å². The van der Waals surface area contributed by atoms with Crippen molar-refractivity contribution in [2.24, 2.45) is 0 Å². The van der Waals surface area contributed by atoms with E-state index in [0.717, 1.165) is 110 Å². The van der Waals surface area contributed by atoms with Crippen molar-refractivity contribution in [2.75, 3.05) is 57.4 Å². The molecule has 6 heterocycles. The van der Waals surface area contributed by atoms with Gasteiger partial charge >= 0.3 is 0 Å². The monoisotopic (exact) mass is 515 g/mol. The van der Waals surface area contributed by atoms with Gasteiger partial charge in [0.05, 0.1) is 41.7 Å². The molecule has 0 spiro atoms. The molecule has 2 aliphatic rings. The Morgan fingerprint density at radius 3 is 2.62 bits per heavy atom. The Morgan fingerprint density at radius 2 is 1.81 bits per heavy atom. The van der Waals surface area contributed by atoms with Gasteiger partial charge in [0.25, 0.3) is 0 Å².